The molecule has 102 valence electrons. The lowest BCUT2D eigenvalue weighted by Crippen LogP contribution is -2.51. The minimum atomic E-state index is -0.616. The van der Waals surface area contributed by atoms with Crippen molar-refractivity contribution in [1.82, 2.24) is 0 Å². The van der Waals surface area contributed by atoms with E-state index in [9.17, 15) is 9.18 Å². The Bertz CT molecular complexity index is 487. The van der Waals surface area contributed by atoms with Crippen LogP contribution in [0.15, 0.2) is 24.3 Å². The van der Waals surface area contributed by atoms with Gasteiger partial charge in [-0.25, -0.2) is 9.18 Å². The Labute approximate surface area is 112 Å². The number of rotatable bonds is 3. The summed E-state index contributed by atoms with van der Waals surface area (Å²) in [6, 6.07) is 6.15. The lowest BCUT2D eigenvalue weighted by molar-refractivity contribution is -0.148. The molecule has 2 fully saturated rings. The van der Waals surface area contributed by atoms with Crippen molar-refractivity contribution in [2.75, 3.05) is 12.4 Å². The van der Waals surface area contributed by atoms with Crippen LogP contribution in [-0.4, -0.2) is 18.6 Å². The molecule has 2 aliphatic carbocycles. The number of nitrogens with one attached hydrogen (secondary N) is 1. The van der Waals surface area contributed by atoms with Gasteiger partial charge >= 0.3 is 5.97 Å². The molecule has 3 atom stereocenters. The van der Waals surface area contributed by atoms with Gasteiger partial charge in [0.2, 0.25) is 0 Å². The molecular weight excluding hydrogens is 245 g/mol. The van der Waals surface area contributed by atoms with Crippen LogP contribution in [0.2, 0.25) is 0 Å². The first-order valence-corrected chi connectivity index (χ1v) is 6.76. The molecule has 0 aromatic heterocycles. The summed E-state index contributed by atoms with van der Waals surface area (Å²) in [7, 11) is 1.43. The summed E-state index contributed by atoms with van der Waals surface area (Å²) in [6.07, 6.45) is 4.17. The molecule has 3 nitrogen and oxygen atoms in total. The Morgan fingerprint density at radius 1 is 1.37 bits per heavy atom. The first-order chi connectivity index (χ1) is 9.14. The maximum Gasteiger partial charge on any atom is 0.331 e. The topological polar surface area (TPSA) is 38.3 Å². The minimum absolute atomic E-state index is 0.191. The number of halogens is 1. The number of methoxy groups -OCH3 is 1. The summed E-state index contributed by atoms with van der Waals surface area (Å²) in [5, 5.41) is 3.32. The predicted molar refractivity (Wildman–Crippen MR) is 70.2 cm³/mol. The Morgan fingerprint density at radius 2 is 2.11 bits per heavy atom. The number of carbonyl (C=O) groups excluding carboxylic acids is 1. The molecule has 4 heteroatoms. The number of carbonyl (C=O) groups is 1. The molecule has 0 saturated heterocycles. The van der Waals surface area contributed by atoms with E-state index >= 15 is 0 Å². The fourth-order valence-corrected chi connectivity index (χ4v) is 3.76. The van der Waals surface area contributed by atoms with Crippen molar-refractivity contribution in [1.29, 1.82) is 0 Å². The monoisotopic (exact) mass is 263 g/mol. The largest absolute Gasteiger partial charge is 0.467 e. The van der Waals surface area contributed by atoms with Crippen LogP contribution < -0.4 is 5.32 Å². The van der Waals surface area contributed by atoms with E-state index < -0.39 is 5.54 Å². The van der Waals surface area contributed by atoms with Gasteiger partial charge in [0.25, 0.3) is 0 Å². The molecule has 19 heavy (non-hydrogen) atoms. The molecule has 1 N–H and O–H groups in total. The van der Waals surface area contributed by atoms with Crippen LogP contribution in [0, 0.1) is 17.7 Å². The summed E-state index contributed by atoms with van der Waals surface area (Å²) in [5.41, 5.74) is 0.162. The number of anilines is 1. The Hall–Kier alpha value is -1.58. The van der Waals surface area contributed by atoms with Crippen molar-refractivity contribution in [3.05, 3.63) is 30.1 Å². The molecule has 1 aromatic carbocycles. The van der Waals surface area contributed by atoms with Gasteiger partial charge < -0.3 is 10.1 Å². The summed E-state index contributed by atoms with van der Waals surface area (Å²) < 4.78 is 18.0. The molecule has 2 bridgehead atoms. The molecule has 0 aliphatic heterocycles. The highest BCUT2D eigenvalue weighted by atomic mass is 19.1. The maximum absolute atomic E-state index is 13.0. The molecule has 2 aliphatic rings. The van der Waals surface area contributed by atoms with Gasteiger partial charge in [0.1, 0.15) is 11.4 Å². The molecule has 3 unspecified atom stereocenters. The van der Waals surface area contributed by atoms with E-state index in [4.69, 9.17) is 4.74 Å². The number of hydrogen-bond acceptors (Lipinski definition) is 3. The minimum Gasteiger partial charge on any atom is -0.467 e. The van der Waals surface area contributed by atoms with E-state index in [-0.39, 0.29) is 11.8 Å². The zero-order valence-corrected chi connectivity index (χ0v) is 11.0. The van der Waals surface area contributed by atoms with Crippen molar-refractivity contribution in [2.45, 2.75) is 31.2 Å². The summed E-state index contributed by atoms with van der Waals surface area (Å²) >= 11 is 0. The number of hydrogen-bond donors (Lipinski definition) is 1. The van der Waals surface area contributed by atoms with E-state index in [1.807, 2.05) is 0 Å². The van der Waals surface area contributed by atoms with Crippen LogP contribution in [0.5, 0.6) is 0 Å². The van der Waals surface area contributed by atoms with Gasteiger partial charge in [0.05, 0.1) is 7.11 Å². The van der Waals surface area contributed by atoms with Crippen molar-refractivity contribution in [3.8, 4) is 0 Å². The zero-order chi connectivity index (χ0) is 13.5. The van der Waals surface area contributed by atoms with Crippen molar-refractivity contribution >= 4 is 11.7 Å². The van der Waals surface area contributed by atoms with E-state index in [0.717, 1.165) is 24.9 Å². The second-order valence-electron chi connectivity index (χ2n) is 5.67. The van der Waals surface area contributed by atoms with Gasteiger partial charge in [-0.1, -0.05) is 0 Å². The summed E-state index contributed by atoms with van der Waals surface area (Å²) in [4.78, 5) is 12.2. The highest BCUT2D eigenvalue weighted by molar-refractivity contribution is 5.85. The first kappa shape index (κ1) is 12.5. The highest BCUT2D eigenvalue weighted by Crippen LogP contribution is 2.52. The first-order valence-electron chi connectivity index (χ1n) is 6.76. The summed E-state index contributed by atoms with van der Waals surface area (Å²) in [6.45, 7) is 0. The standard InChI is InChI=1S/C15H18FNO2/c1-19-14(18)15(9-10-2-3-11(15)8-10)17-13-6-4-12(16)5-7-13/h4-7,10-11,17H,2-3,8-9H2,1H3. The SMILES string of the molecule is COC(=O)C1(Nc2ccc(F)cc2)CC2CCC1C2. The lowest BCUT2D eigenvalue weighted by atomic mass is 9.80. The number of benzene rings is 1. The van der Waals surface area contributed by atoms with E-state index in [0.29, 0.717) is 11.8 Å². The smallest absolute Gasteiger partial charge is 0.331 e. The fraction of sp³-hybridized carbons (Fsp3) is 0.533. The average molecular weight is 263 g/mol. The van der Waals surface area contributed by atoms with Gasteiger partial charge in [0.15, 0.2) is 0 Å². The van der Waals surface area contributed by atoms with Crippen molar-refractivity contribution < 1.29 is 13.9 Å². The second kappa shape index (κ2) is 4.51. The zero-order valence-electron chi connectivity index (χ0n) is 11.0. The van der Waals surface area contributed by atoms with Gasteiger partial charge in [-0.15, -0.1) is 0 Å². The van der Waals surface area contributed by atoms with Gasteiger partial charge in [-0.2, -0.15) is 0 Å². The third kappa shape index (κ3) is 1.99. The van der Waals surface area contributed by atoms with Crippen LogP contribution in [-0.2, 0) is 9.53 Å². The molecule has 0 heterocycles. The van der Waals surface area contributed by atoms with Crippen LogP contribution >= 0.6 is 0 Å². The third-order valence-electron chi connectivity index (χ3n) is 4.61. The molecule has 3 rings (SSSR count). The van der Waals surface area contributed by atoms with E-state index in [1.54, 1.807) is 12.1 Å². The number of ether oxygens (including phenoxy) is 1. The quantitative estimate of drug-likeness (QED) is 0.852. The van der Waals surface area contributed by atoms with Crippen LogP contribution in [0.1, 0.15) is 25.7 Å². The molecule has 1 aromatic rings. The Kier molecular flexibility index (Phi) is 2.96. The predicted octanol–water partition coefficient (Wildman–Crippen LogP) is 2.97. The molecule has 2 saturated carbocycles. The van der Waals surface area contributed by atoms with Crippen LogP contribution in [0.3, 0.4) is 0 Å². The van der Waals surface area contributed by atoms with Crippen LogP contribution in [0.25, 0.3) is 0 Å². The van der Waals surface area contributed by atoms with Gasteiger partial charge in [-0.3, -0.25) is 0 Å². The van der Waals surface area contributed by atoms with Gasteiger partial charge in [0, 0.05) is 5.69 Å². The second-order valence-corrected chi connectivity index (χ2v) is 5.67. The summed E-state index contributed by atoms with van der Waals surface area (Å²) in [5.74, 6) is 0.474. The molecule has 0 spiro atoms. The van der Waals surface area contributed by atoms with E-state index in [2.05, 4.69) is 5.32 Å². The van der Waals surface area contributed by atoms with E-state index in [1.165, 1.54) is 25.7 Å². The molecule has 0 radical (unpaired) electrons. The maximum atomic E-state index is 13.0. The van der Waals surface area contributed by atoms with Gasteiger partial charge in [-0.05, 0) is 61.8 Å². The third-order valence-corrected chi connectivity index (χ3v) is 4.61. The fourth-order valence-electron chi connectivity index (χ4n) is 3.76. The lowest BCUT2D eigenvalue weighted by Gasteiger charge is -2.36. The average Bonchev–Trinajstić information content (AvgIpc) is 3.01. The Balaban J connectivity index is 1.88. The van der Waals surface area contributed by atoms with Crippen molar-refractivity contribution in [3.63, 3.8) is 0 Å². The highest BCUT2D eigenvalue weighted by Gasteiger charge is 2.56. The molecule has 0 amide bonds. The van der Waals surface area contributed by atoms with Crippen molar-refractivity contribution in [2.24, 2.45) is 11.8 Å². The van der Waals surface area contributed by atoms with Crippen LogP contribution in [0.4, 0.5) is 10.1 Å². The number of fused-ring (bicyclic) bond motifs is 2. The normalized spacial score (nSPS) is 32.3. The Morgan fingerprint density at radius 3 is 2.63 bits per heavy atom. The number of esters is 1. The molecular formula is C15H18FNO2.